The molecule has 10 nitrogen and oxygen atoms in total. The van der Waals surface area contributed by atoms with Crippen LogP contribution in [0.15, 0.2) is 5.16 Å². The van der Waals surface area contributed by atoms with Gasteiger partial charge in [0, 0.05) is 12.3 Å². The molecule has 3 aliphatic rings. The van der Waals surface area contributed by atoms with Crippen LogP contribution in [0.4, 0.5) is 0 Å². The minimum Gasteiger partial charge on any atom is -0.624 e. The van der Waals surface area contributed by atoms with Gasteiger partial charge in [-0.3, -0.25) is 4.79 Å². The quantitative estimate of drug-likeness (QED) is 0.203. The van der Waals surface area contributed by atoms with E-state index in [0.717, 1.165) is 19.3 Å². The van der Waals surface area contributed by atoms with E-state index in [1.165, 1.54) is 14.2 Å². The number of carbonyl (C=O) groups is 3. The number of hydroxylamine groups is 1. The summed E-state index contributed by atoms with van der Waals surface area (Å²) in [6.07, 6.45) is 3.22. The van der Waals surface area contributed by atoms with Crippen molar-refractivity contribution >= 4 is 29.3 Å². The second-order valence-electron chi connectivity index (χ2n) is 7.51. The summed E-state index contributed by atoms with van der Waals surface area (Å²) in [6.45, 7) is 7.39. The van der Waals surface area contributed by atoms with Crippen molar-refractivity contribution in [2.45, 2.75) is 46.5 Å². The van der Waals surface area contributed by atoms with Gasteiger partial charge in [-0.2, -0.15) is 0 Å². The first kappa shape index (κ1) is 25.4. The first-order valence-electron chi connectivity index (χ1n) is 10.1. The molecule has 3 atom stereocenters. The average molecular weight is 428 g/mol. The van der Waals surface area contributed by atoms with Crippen LogP contribution in [0.3, 0.4) is 0 Å². The normalized spacial score (nSPS) is 29.2. The Bertz CT molecular complexity index is 670. The SMILES string of the molecule is CC1CCOC(=O)/C1=[N+](\C)[O-].CC1CCOC(=O)C1.CO/N=C1/C(=O)OCCC1C. The van der Waals surface area contributed by atoms with E-state index < -0.39 is 5.97 Å². The second kappa shape index (κ2) is 12.8. The number of oxime groups is 1. The Hall–Kier alpha value is -2.65. The molecule has 3 heterocycles. The lowest BCUT2D eigenvalue weighted by Crippen LogP contribution is -2.36. The van der Waals surface area contributed by atoms with Gasteiger partial charge in [-0.1, -0.05) is 25.9 Å². The van der Waals surface area contributed by atoms with Crippen LogP contribution >= 0.6 is 0 Å². The molecule has 0 aliphatic carbocycles. The van der Waals surface area contributed by atoms with Crippen LogP contribution in [-0.4, -0.2) is 68.0 Å². The van der Waals surface area contributed by atoms with Gasteiger partial charge in [-0.05, 0) is 25.2 Å². The second-order valence-corrected chi connectivity index (χ2v) is 7.51. The Labute approximate surface area is 176 Å². The molecule has 30 heavy (non-hydrogen) atoms. The smallest absolute Gasteiger partial charge is 0.400 e. The number of hydrogen-bond acceptors (Lipinski definition) is 9. The van der Waals surface area contributed by atoms with E-state index in [4.69, 9.17) is 14.2 Å². The lowest BCUT2D eigenvalue weighted by Gasteiger charge is -2.18. The summed E-state index contributed by atoms with van der Waals surface area (Å²) in [5.41, 5.74) is 0.620. The Balaban J connectivity index is 0.000000228. The Morgan fingerprint density at radius 2 is 1.50 bits per heavy atom. The molecule has 0 spiro atoms. The highest BCUT2D eigenvalue weighted by atomic mass is 16.6. The van der Waals surface area contributed by atoms with Crippen LogP contribution in [0.1, 0.15) is 46.5 Å². The molecule has 10 heteroatoms. The molecule has 170 valence electrons. The lowest BCUT2D eigenvalue weighted by atomic mass is 10.0. The van der Waals surface area contributed by atoms with Crippen LogP contribution in [0.5, 0.6) is 0 Å². The Morgan fingerprint density at radius 3 is 1.90 bits per heavy atom. The highest BCUT2D eigenvalue weighted by molar-refractivity contribution is 6.37. The van der Waals surface area contributed by atoms with Crippen molar-refractivity contribution in [1.82, 2.24) is 0 Å². The maximum Gasteiger partial charge on any atom is 0.400 e. The molecule has 3 saturated heterocycles. The monoisotopic (exact) mass is 428 g/mol. The number of nitrogens with zero attached hydrogens (tertiary/aromatic N) is 2. The third-order valence-electron chi connectivity index (χ3n) is 4.84. The predicted molar refractivity (Wildman–Crippen MR) is 108 cm³/mol. The molecule has 0 aromatic rings. The molecule has 0 radical (unpaired) electrons. The first-order valence-corrected chi connectivity index (χ1v) is 10.1. The highest BCUT2D eigenvalue weighted by Crippen LogP contribution is 2.14. The van der Waals surface area contributed by atoms with Crippen LogP contribution in [0.2, 0.25) is 0 Å². The zero-order valence-corrected chi connectivity index (χ0v) is 18.3. The summed E-state index contributed by atoms with van der Waals surface area (Å²) in [5.74, 6) is -0.151. The fraction of sp³-hybridized carbons (Fsp3) is 0.750. The van der Waals surface area contributed by atoms with Gasteiger partial charge in [0.1, 0.15) is 14.2 Å². The summed E-state index contributed by atoms with van der Waals surface area (Å²) in [5, 5.41) is 14.4. The molecular formula is C20H32N2O8. The van der Waals surface area contributed by atoms with Crippen molar-refractivity contribution < 1.29 is 38.2 Å². The number of ether oxygens (including phenoxy) is 3. The van der Waals surface area contributed by atoms with E-state index in [0.29, 0.717) is 42.6 Å². The summed E-state index contributed by atoms with van der Waals surface area (Å²) >= 11 is 0. The molecule has 0 amide bonds. The van der Waals surface area contributed by atoms with Crippen molar-refractivity contribution in [2.75, 3.05) is 34.0 Å². The molecule has 3 rings (SSSR count). The highest BCUT2D eigenvalue weighted by Gasteiger charge is 2.31. The van der Waals surface area contributed by atoms with Crippen LogP contribution in [0.25, 0.3) is 0 Å². The predicted octanol–water partition coefficient (Wildman–Crippen LogP) is 1.68. The Kier molecular flexibility index (Phi) is 10.8. The summed E-state index contributed by atoms with van der Waals surface area (Å²) in [6, 6.07) is 0. The number of cyclic esters (lactones) is 3. The van der Waals surface area contributed by atoms with Crippen LogP contribution in [0, 0.1) is 23.0 Å². The maximum absolute atomic E-state index is 11.0. The van der Waals surface area contributed by atoms with Gasteiger partial charge in [-0.15, -0.1) is 0 Å². The first-order chi connectivity index (χ1) is 14.2. The molecule has 3 aliphatic heterocycles. The minimum absolute atomic E-state index is 0.0266. The van der Waals surface area contributed by atoms with Gasteiger partial charge in [-0.25, -0.2) is 14.3 Å². The van der Waals surface area contributed by atoms with Crippen molar-refractivity contribution in [3.63, 3.8) is 0 Å². The van der Waals surface area contributed by atoms with E-state index in [-0.39, 0.29) is 29.5 Å². The van der Waals surface area contributed by atoms with Crippen molar-refractivity contribution in [1.29, 1.82) is 0 Å². The summed E-state index contributed by atoms with van der Waals surface area (Å²) in [4.78, 5) is 36.9. The van der Waals surface area contributed by atoms with Gasteiger partial charge in [0.15, 0.2) is 5.71 Å². The van der Waals surface area contributed by atoms with E-state index >= 15 is 0 Å². The van der Waals surface area contributed by atoms with Gasteiger partial charge in [0.2, 0.25) is 0 Å². The third kappa shape index (κ3) is 8.38. The van der Waals surface area contributed by atoms with Gasteiger partial charge < -0.3 is 24.3 Å². The van der Waals surface area contributed by atoms with E-state index in [9.17, 15) is 19.6 Å². The van der Waals surface area contributed by atoms with E-state index in [1.807, 2.05) is 13.8 Å². The summed E-state index contributed by atoms with van der Waals surface area (Å²) in [7, 11) is 2.74. The number of carbonyl (C=O) groups excluding carboxylic acids is 3. The Morgan fingerprint density at radius 1 is 0.933 bits per heavy atom. The fourth-order valence-corrected chi connectivity index (χ4v) is 2.96. The van der Waals surface area contributed by atoms with Crippen LogP contribution in [-0.2, 0) is 33.4 Å². The average Bonchev–Trinajstić information content (AvgIpc) is 2.65. The fourth-order valence-electron chi connectivity index (χ4n) is 2.96. The van der Waals surface area contributed by atoms with Crippen molar-refractivity contribution in [2.24, 2.45) is 22.9 Å². The zero-order chi connectivity index (χ0) is 22.7. The molecule has 3 unspecified atom stereocenters. The van der Waals surface area contributed by atoms with Gasteiger partial charge in [0.05, 0.1) is 25.7 Å². The van der Waals surface area contributed by atoms with E-state index in [2.05, 4.69) is 16.9 Å². The number of hydrogen-bond donors (Lipinski definition) is 0. The number of esters is 3. The number of rotatable bonds is 1. The van der Waals surface area contributed by atoms with Gasteiger partial charge >= 0.3 is 17.9 Å². The topological polar surface area (TPSA) is 127 Å². The molecule has 0 N–H and O–H groups in total. The molecule has 0 aromatic carbocycles. The van der Waals surface area contributed by atoms with Crippen LogP contribution < -0.4 is 0 Å². The largest absolute Gasteiger partial charge is 0.624 e. The molecule has 3 fully saturated rings. The van der Waals surface area contributed by atoms with Crippen molar-refractivity contribution in [3.8, 4) is 0 Å². The third-order valence-corrected chi connectivity index (χ3v) is 4.84. The maximum atomic E-state index is 11.0. The molecule has 0 bridgehead atoms. The van der Waals surface area contributed by atoms with Gasteiger partial charge in [0.25, 0.3) is 5.71 Å². The standard InChI is InChI=1S/2C7H11NO3.C6H10O2/c1-5-3-4-11-7(9)6(5)8-10-2;1-5-3-4-11-7(9)6(5)8(2)10;1-5-2-3-8-6(7)4-5/h2*5H,3-4H2,1-2H3;5H,2-4H2,1H3/b2*8-6+;. The van der Waals surface area contributed by atoms with Crippen molar-refractivity contribution in [3.05, 3.63) is 5.21 Å². The zero-order valence-electron chi connectivity index (χ0n) is 18.3. The summed E-state index contributed by atoms with van der Waals surface area (Å²) < 4.78 is 14.8. The molecule has 0 aromatic heterocycles. The lowest BCUT2D eigenvalue weighted by molar-refractivity contribution is -0.425. The van der Waals surface area contributed by atoms with E-state index in [1.54, 1.807) is 0 Å². The molecular weight excluding hydrogens is 396 g/mol. The minimum atomic E-state index is -0.471. The molecule has 0 saturated carbocycles.